The summed E-state index contributed by atoms with van der Waals surface area (Å²) in [5, 5.41) is 8.16. The van der Waals surface area contributed by atoms with Crippen molar-refractivity contribution < 1.29 is 14.3 Å². The Morgan fingerprint density at radius 3 is 2.85 bits per heavy atom. The van der Waals surface area contributed by atoms with E-state index in [1.807, 2.05) is 13.8 Å². The number of thiazole rings is 1. The predicted molar refractivity (Wildman–Crippen MR) is 79.1 cm³/mol. The summed E-state index contributed by atoms with van der Waals surface area (Å²) in [6.07, 6.45) is 1.28. The van der Waals surface area contributed by atoms with Gasteiger partial charge in [-0.1, -0.05) is 6.92 Å². The summed E-state index contributed by atoms with van der Waals surface area (Å²) in [4.78, 5) is 27.1. The average Bonchev–Trinajstić information content (AvgIpc) is 2.87. The molecule has 20 heavy (non-hydrogen) atoms. The van der Waals surface area contributed by atoms with Crippen LogP contribution in [-0.4, -0.2) is 36.1 Å². The van der Waals surface area contributed by atoms with Crippen molar-refractivity contribution in [3.63, 3.8) is 0 Å². The van der Waals surface area contributed by atoms with Gasteiger partial charge in [-0.3, -0.25) is 4.79 Å². The molecule has 0 saturated carbocycles. The maximum atomic E-state index is 11.6. The van der Waals surface area contributed by atoms with Gasteiger partial charge in [-0.25, -0.2) is 9.78 Å². The Morgan fingerprint density at radius 1 is 1.45 bits per heavy atom. The second kappa shape index (κ2) is 8.52. The first kappa shape index (κ1) is 16.4. The monoisotopic (exact) mass is 299 g/mol. The quantitative estimate of drug-likeness (QED) is 0.718. The van der Waals surface area contributed by atoms with Crippen LogP contribution in [0.25, 0.3) is 0 Å². The summed E-state index contributed by atoms with van der Waals surface area (Å²) in [6.45, 7) is 6.56. The van der Waals surface area contributed by atoms with Gasteiger partial charge in [0.2, 0.25) is 5.91 Å². The third-order valence-corrected chi connectivity index (χ3v) is 3.44. The molecule has 0 aromatic carbocycles. The van der Waals surface area contributed by atoms with Gasteiger partial charge in [0, 0.05) is 24.4 Å². The molecule has 0 aliphatic carbocycles. The van der Waals surface area contributed by atoms with E-state index in [1.165, 1.54) is 11.3 Å². The number of rotatable bonds is 8. The highest BCUT2D eigenvalue weighted by molar-refractivity contribution is 7.13. The van der Waals surface area contributed by atoms with Gasteiger partial charge in [-0.05, 0) is 20.3 Å². The van der Waals surface area contributed by atoms with Gasteiger partial charge in [0.05, 0.1) is 6.61 Å². The molecule has 1 atom stereocenters. The first-order valence-corrected chi connectivity index (χ1v) is 7.60. The Labute approximate surface area is 122 Å². The van der Waals surface area contributed by atoms with Crippen molar-refractivity contribution >= 4 is 28.3 Å². The third-order valence-electron chi connectivity index (χ3n) is 2.64. The lowest BCUT2D eigenvalue weighted by Crippen LogP contribution is -2.32. The molecule has 0 radical (unpaired) electrons. The number of nitrogens with zero attached hydrogens (tertiary/aromatic N) is 1. The molecule has 0 fully saturated rings. The molecule has 1 aromatic heterocycles. The Kier molecular flexibility index (Phi) is 7.00. The van der Waals surface area contributed by atoms with Crippen LogP contribution in [0.5, 0.6) is 0 Å². The molecular weight excluding hydrogens is 278 g/mol. The van der Waals surface area contributed by atoms with Crippen LogP contribution in [0, 0.1) is 0 Å². The fraction of sp³-hybridized carbons (Fsp3) is 0.615. The van der Waals surface area contributed by atoms with E-state index in [1.54, 1.807) is 12.3 Å². The van der Waals surface area contributed by atoms with Crippen LogP contribution < -0.4 is 10.6 Å². The summed E-state index contributed by atoms with van der Waals surface area (Å²) < 4.78 is 4.85. The minimum atomic E-state index is -0.425. The Balaban J connectivity index is 2.32. The average molecular weight is 299 g/mol. The molecule has 0 spiro atoms. The van der Waals surface area contributed by atoms with Crippen LogP contribution in [0.15, 0.2) is 5.38 Å². The molecule has 112 valence electrons. The molecule has 1 unspecified atom stereocenters. The van der Waals surface area contributed by atoms with Crippen molar-refractivity contribution in [2.75, 3.05) is 18.5 Å². The number of hydrogen-bond acceptors (Lipinski definition) is 6. The summed E-state index contributed by atoms with van der Waals surface area (Å²) in [6, 6.07) is 0.192. The fourth-order valence-corrected chi connectivity index (χ4v) is 2.09. The molecule has 1 rings (SSSR count). The minimum absolute atomic E-state index is 0.00835. The van der Waals surface area contributed by atoms with E-state index in [-0.39, 0.29) is 11.9 Å². The SMILES string of the molecule is CCOC(=O)c1csc(NCCC(=O)NC(C)CC)n1. The fourth-order valence-electron chi connectivity index (χ4n) is 1.39. The zero-order chi connectivity index (χ0) is 15.0. The number of carbonyl (C=O) groups is 2. The Bertz CT molecular complexity index is 448. The van der Waals surface area contributed by atoms with E-state index in [0.29, 0.717) is 30.4 Å². The van der Waals surface area contributed by atoms with Gasteiger partial charge >= 0.3 is 5.97 Å². The molecule has 1 aromatic rings. The largest absolute Gasteiger partial charge is 0.461 e. The lowest BCUT2D eigenvalue weighted by molar-refractivity contribution is -0.121. The molecule has 1 heterocycles. The summed E-state index contributed by atoms with van der Waals surface area (Å²) in [5.74, 6) is -0.416. The summed E-state index contributed by atoms with van der Waals surface area (Å²) in [5.41, 5.74) is 0.295. The maximum absolute atomic E-state index is 11.6. The van der Waals surface area contributed by atoms with Gasteiger partial charge in [0.15, 0.2) is 10.8 Å². The van der Waals surface area contributed by atoms with Crippen LogP contribution in [0.3, 0.4) is 0 Å². The van der Waals surface area contributed by atoms with Gasteiger partial charge < -0.3 is 15.4 Å². The highest BCUT2D eigenvalue weighted by atomic mass is 32.1. The molecule has 1 amide bonds. The number of anilines is 1. The van der Waals surface area contributed by atoms with E-state index in [4.69, 9.17) is 4.74 Å². The van der Waals surface area contributed by atoms with E-state index in [9.17, 15) is 9.59 Å². The number of esters is 1. The molecule has 6 nitrogen and oxygen atoms in total. The van der Waals surface area contributed by atoms with Crippen LogP contribution in [0.1, 0.15) is 44.1 Å². The summed E-state index contributed by atoms with van der Waals surface area (Å²) >= 11 is 1.32. The number of nitrogens with one attached hydrogen (secondary N) is 2. The van der Waals surface area contributed by atoms with Gasteiger partial charge in [0.1, 0.15) is 0 Å². The van der Waals surface area contributed by atoms with Crippen molar-refractivity contribution in [3.05, 3.63) is 11.1 Å². The van der Waals surface area contributed by atoms with E-state index in [0.717, 1.165) is 6.42 Å². The minimum Gasteiger partial charge on any atom is -0.461 e. The molecular formula is C13H21N3O3S. The highest BCUT2D eigenvalue weighted by Gasteiger charge is 2.11. The van der Waals surface area contributed by atoms with Crippen molar-refractivity contribution in [2.45, 2.75) is 39.7 Å². The Morgan fingerprint density at radius 2 is 2.20 bits per heavy atom. The molecule has 2 N–H and O–H groups in total. The molecule has 0 saturated heterocycles. The zero-order valence-corrected chi connectivity index (χ0v) is 12.9. The van der Waals surface area contributed by atoms with Crippen molar-refractivity contribution in [2.24, 2.45) is 0 Å². The summed E-state index contributed by atoms with van der Waals surface area (Å²) in [7, 11) is 0. The lowest BCUT2D eigenvalue weighted by Gasteiger charge is -2.11. The van der Waals surface area contributed by atoms with E-state index >= 15 is 0 Å². The predicted octanol–water partition coefficient (Wildman–Crippen LogP) is 2.04. The van der Waals surface area contributed by atoms with Gasteiger partial charge in [0.25, 0.3) is 0 Å². The lowest BCUT2D eigenvalue weighted by atomic mass is 10.2. The number of amides is 1. The molecule has 0 aliphatic rings. The third kappa shape index (κ3) is 5.56. The topological polar surface area (TPSA) is 80.3 Å². The molecule has 0 aliphatic heterocycles. The second-order valence-electron chi connectivity index (χ2n) is 4.31. The first-order valence-electron chi connectivity index (χ1n) is 6.72. The molecule has 7 heteroatoms. The number of hydrogen-bond donors (Lipinski definition) is 2. The number of aromatic nitrogens is 1. The van der Waals surface area contributed by atoms with Gasteiger partial charge in [-0.15, -0.1) is 11.3 Å². The van der Waals surface area contributed by atoms with Crippen LogP contribution in [0.2, 0.25) is 0 Å². The highest BCUT2D eigenvalue weighted by Crippen LogP contribution is 2.15. The standard InChI is InChI=1S/C13H21N3O3S/c1-4-9(3)15-11(17)6-7-14-13-16-10(8-20-13)12(18)19-5-2/h8-9H,4-7H2,1-3H3,(H,14,16)(H,15,17). The zero-order valence-electron chi connectivity index (χ0n) is 12.1. The van der Waals surface area contributed by atoms with Crippen molar-refractivity contribution in [1.29, 1.82) is 0 Å². The number of ether oxygens (including phenoxy) is 1. The maximum Gasteiger partial charge on any atom is 0.357 e. The van der Waals surface area contributed by atoms with Crippen LogP contribution in [0.4, 0.5) is 5.13 Å². The Hall–Kier alpha value is -1.63. The number of carbonyl (C=O) groups excluding carboxylic acids is 2. The van der Waals surface area contributed by atoms with E-state index < -0.39 is 5.97 Å². The van der Waals surface area contributed by atoms with Gasteiger partial charge in [-0.2, -0.15) is 0 Å². The first-order chi connectivity index (χ1) is 9.56. The second-order valence-corrected chi connectivity index (χ2v) is 5.17. The molecule has 0 bridgehead atoms. The van der Waals surface area contributed by atoms with Crippen molar-refractivity contribution in [1.82, 2.24) is 10.3 Å². The smallest absolute Gasteiger partial charge is 0.357 e. The van der Waals surface area contributed by atoms with Crippen molar-refractivity contribution in [3.8, 4) is 0 Å². The normalized spacial score (nSPS) is 11.8. The van der Waals surface area contributed by atoms with E-state index in [2.05, 4.69) is 15.6 Å². The van der Waals surface area contributed by atoms with Crippen LogP contribution in [-0.2, 0) is 9.53 Å². The van der Waals surface area contributed by atoms with Crippen LogP contribution >= 0.6 is 11.3 Å².